The van der Waals surface area contributed by atoms with Crippen LogP contribution in [0.1, 0.15) is 118 Å². The van der Waals surface area contributed by atoms with Crippen molar-refractivity contribution in [2.45, 2.75) is 129 Å². The molecule has 8 N–H and O–H groups in total. The number of nitrogens with one attached hydrogen (secondary N) is 2. The molecule has 0 rings (SSSR count). The molecular weight excluding hydrogens is 502 g/mol. The van der Waals surface area contributed by atoms with Crippen LogP contribution in [0.2, 0.25) is 0 Å². The van der Waals surface area contributed by atoms with Crippen molar-refractivity contribution in [3.8, 4) is 0 Å². The van der Waals surface area contributed by atoms with E-state index in [0.29, 0.717) is 6.54 Å². The van der Waals surface area contributed by atoms with Crippen LogP contribution in [-0.4, -0.2) is 68.7 Å². The monoisotopic (exact) mass is 574 g/mol. The summed E-state index contributed by atoms with van der Waals surface area (Å²) in [6.45, 7) is 35.8. The number of aldehydes is 2. The summed E-state index contributed by atoms with van der Waals surface area (Å²) in [5.41, 5.74) is 13.6. The van der Waals surface area contributed by atoms with Gasteiger partial charge in [-0.05, 0) is 88.5 Å². The molecule has 0 unspecified atom stereocenters. The lowest BCUT2D eigenvalue weighted by atomic mass is 10.2. The van der Waals surface area contributed by atoms with Gasteiger partial charge in [-0.25, -0.2) is 9.59 Å². The fourth-order valence-electron chi connectivity index (χ4n) is 1.01. The predicted molar refractivity (Wildman–Crippen MR) is 170 cm³/mol. The van der Waals surface area contributed by atoms with Gasteiger partial charge in [0.25, 0.3) is 0 Å². The molecule has 244 valence electrons. The molecule has 0 aromatic rings. The Morgan fingerprint density at radius 2 is 0.897 bits per heavy atom. The summed E-state index contributed by atoms with van der Waals surface area (Å²) in [7, 11) is 0. The van der Waals surface area contributed by atoms with Crippen molar-refractivity contribution < 1.29 is 28.7 Å². The Balaban J connectivity index is -0.0000000399. The Kier molecular flexibility index (Phi) is 94.4. The topological polar surface area (TPSA) is 189 Å². The highest BCUT2D eigenvalue weighted by molar-refractivity contribution is 5.67. The number of hydrogen-bond donors (Lipinski definition) is 5. The van der Waals surface area contributed by atoms with Crippen LogP contribution in [0.5, 0.6) is 0 Å². The van der Waals surface area contributed by atoms with Crippen LogP contribution in [0.15, 0.2) is 0 Å². The van der Waals surface area contributed by atoms with Crippen molar-refractivity contribution in [3.63, 3.8) is 0 Å². The molecule has 11 heteroatoms. The second-order valence-corrected chi connectivity index (χ2v) is 7.81. The van der Waals surface area contributed by atoms with E-state index in [1.54, 1.807) is 20.8 Å². The number of hydrogen-bond acceptors (Lipinski definition) is 9. The first kappa shape index (κ1) is 61.0. The number of primary amides is 1. The van der Waals surface area contributed by atoms with E-state index in [0.717, 1.165) is 38.8 Å². The molecule has 0 aliphatic heterocycles. The van der Waals surface area contributed by atoms with Crippen molar-refractivity contribution in [1.29, 1.82) is 0 Å². The zero-order chi connectivity index (χ0) is 33.9. The molecule has 0 saturated carbocycles. The fraction of sp³-hybridized carbons (Fsp3) is 0.857. The predicted octanol–water partition coefficient (Wildman–Crippen LogP) is 5.42. The molecule has 0 aromatic carbocycles. The highest BCUT2D eigenvalue weighted by Gasteiger charge is 2.14. The molecular formula is C28H71N5O6. The van der Waals surface area contributed by atoms with Crippen molar-refractivity contribution in [1.82, 2.24) is 10.6 Å². The maximum absolute atomic E-state index is 10.7. The third kappa shape index (κ3) is 250. The first-order valence-corrected chi connectivity index (χ1v) is 13.8. The van der Waals surface area contributed by atoms with Crippen molar-refractivity contribution in [3.05, 3.63) is 0 Å². The molecule has 2 amide bonds. The van der Waals surface area contributed by atoms with E-state index < -0.39 is 11.7 Å². The lowest BCUT2D eigenvalue weighted by molar-refractivity contribution is -0.106. The normalized spacial score (nSPS) is 7.97. The zero-order valence-electron chi connectivity index (χ0n) is 28.9. The van der Waals surface area contributed by atoms with Gasteiger partial charge in [-0.15, -0.1) is 0 Å². The minimum Gasteiger partial charge on any atom is -0.444 e. The number of carbonyl (C=O) groups excluding carboxylic acids is 4. The third-order valence-electron chi connectivity index (χ3n) is 1.63. The largest absolute Gasteiger partial charge is 0.444 e. The van der Waals surface area contributed by atoms with E-state index in [4.69, 9.17) is 31.5 Å². The zero-order valence-corrected chi connectivity index (χ0v) is 28.9. The van der Waals surface area contributed by atoms with Crippen LogP contribution in [0.4, 0.5) is 9.59 Å². The van der Waals surface area contributed by atoms with Gasteiger partial charge in [0.05, 0.1) is 0 Å². The molecule has 0 aromatic heterocycles. The Bertz CT molecular complexity index is 416. The van der Waals surface area contributed by atoms with Gasteiger partial charge >= 0.3 is 12.2 Å². The number of carbonyl (C=O) groups is 4. The summed E-state index contributed by atoms with van der Waals surface area (Å²) in [6.07, 6.45) is 0.424. The van der Waals surface area contributed by atoms with Gasteiger partial charge in [-0.1, -0.05) is 55.4 Å². The van der Waals surface area contributed by atoms with Gasteiger partial charge in [-0.2, -0.15) is 0 Å². The Labute approximate surface area is 243 Å². The van der Waals surface area contributed by atoms with Gasteiger partial charge in [0.2, 0.25) is 0 Å². The smallest absolute Gasteiger partial charge is 0.407 e. The van der Waals surface area contributed by atoms with Crippen molar-refractivity contribution in [2.24, 2.45) is 17.2 Å². The van der Waals surface area contributed by atoms with Crippen LogP contribution >= 0.6 is 0 Å². The maximum atomic E-state index is 10.7. The SMILES string of the molecule is CC.CC.CC(C)(C)OC(N)=O.CC=O.CC=O.CCN.CCN.CCNC(=O)OC(C)(C)C.CCNCC. The average molecular weight is 574 g/mol. The van der Waals surface area contributed by atoms with E-state index in [9.17, 15) is 9.59 Å². The molecule has 0 saturated heterocycles. The molecule has 0 aliphatic carbocycles. The van der Waals surface area contributed by atoms with E-state index in [-0.39, 0.29) is 11.7 Å². The quantitative estimate of drug-likeness (QED) is 0.274. The molecule has 0 radical (unpaired) electrons. The lowest BCUT2D eigenvalue weighted by Gasteiger charge is -2.19. The summed E-state index contributed by atoms with van der Waals surface area (Å²) < 4.78 is 9.50. The summed E-state index contributed by atoms with van der Waals surface area (Å²) in [4.78, 5) is 38.4. The standard InChI is InChI=1S/C7H15NO2.C5H11NO2.C4H11N.2C2H7N.2C2H4O.2C2H6/c1-5-8-6(9)10-7(2,3)4;1-5(2,3)8-4(6)7;1-3-5-4-2;4*1-2-3;2*1-2/h5H2,1-4H3,(H,8,9);1-3H3,(H2,6,7);5H,3-4H2,1-2H3;2*2-3H2,1H3;2*2H,1H3;2*1-2H3. The van der Waals surface area contributed by atoms with Gasteiger partial charge in [-0.3, -0.25) is 0 Å². The highest BCUT2D eigenvalue weighted by Crippen LogP contribution is 2.06. The molecule has 0 atom stereocenters. The fourth-order valence-corrected chi connectivity index (χ4v) is 1.01. The first-order chi connectivity index (χ1) is 17.9. The van der Waals surface area contributed by atoms with Crippen molar-refractivity contribution in [2.75, 3.05) is 32.7 Å². The summed E-state index contributed by atoms with van der Waals surface area (Å²) >= 11 is 0. The van der Waals surface area contributed by atoms with Crippen molar-refractivity contribution >= 4 is 24.8 Å². The number of rotatable bonds is 3. The molecule has 0 heterocycles. The van der Waals surface area contributed by atoms with Crippen LogP contribution in [0, 0.1) is 0 Å². The van der Waals surface area contributed by atoms with Gasteiger partial charge in [0.1, 0.15) is 23.8 Å². The second kappa shape index (κ2) is 60.3. The number of ether oxygens (including phenoxy) is 2. The van der Waals surface area contributed by atoms with Crippen LogP contribution < -0.4 is 27.8 Å². The second-order valence-electron chi connectivity index (χ2n) is 7.81. The molecule has 39 heavy (non-hydrogen) atoms. The van der Waals surface area contributed by atoms with Crippen LogP contribution in [0.3, 0.4) is 0 Å². The van der Waals surface area contributed by atoms with E-state index in [1.807, 2.05) is 69.2 Å². The van der Waals surface area contributed by atoms with Gasteiger partial charge < -0.3 is 46.9 Å². The molecule has 0 fully saturated rings. The van der Waals surface area contributed by atoms with Crippen LogP contribution in [0.25, 0.3) is 0 Å². The molecule has 11 nitrogen and oxygen atoms in total. The number of amides is 2. The summed E-state index contributed by atoms with van der Waals surface area (Å²) in [5, 5.41) is 5.65. The Morgan fingerprint density at radius 1 is 0.667 bits per heavy atom. The minimum atomic E-state index is -0.725. The first-order valence-electron chi connectivity index (χ1n) is 13.8. The Morgan fingerprint density at radius 3 is 0.974 bits per heavy atom. The van der Waals surface area contributed by atoms with Gasteiger partial charge in [0, 0.05) is 6.54 Å². The molecule has 0 bridgehead atoms. The molecule has 0 aliphatic rings. The number of alkyl carbamates (subject to hydrolysis) is 1. The highest BCUT2D eigenvalue weighted by atomic mass is 16.6. The van der Waals surface area contributed by atoms with Gasteiger partial charge in [0.15, 0.2) is 0 Å². The van der Waals surface area contributed by atoms with E-state index in [1.165, 1.54) is 13.8 Å². The molecule has 0 spiro atoms. The van der Waals surface area contributed by atoms with E-state index >= 15 is 0 Å². The number of nitrogens with two attached hydrogens (primary N) is 3. The minimum absolute atomic E-state index is 0.352. The summed E-state index contributed by atoms with van der Waals surface area (Å²) in [5.74, 6) is 0. The van der Waals surface area contributed by atoms with E-state index in [2.05, 4.69) is 29.2 Å². The Hall–Kier alpha value is -2.24. The van der Waals surface area contributed by atoms with Crippen LogP contribution in [-0.2, 0) is 19.1 Å². The lowest BCUT2D eigenvalue weighted by Crippen LogP contribution is -2.32. The maximum Gasteiger partial charge on any atom is 0.407 e. The average Bonchev–Trinajstić information content (AvgIpc) is 2.77. The summed E-state index contributed by atoms with van der Waals surface area (Å²) in [6, 6.07) is 0. The third-order valence-corrected chi connectivity index (χ3v) is 1.63.